The summed E-state index contributed by atoms with van der Waals surface area (Å²) in [4.78, 5) is 27.1. The van der Waals surface area contributed by atoms with Gasteiger partial charge in [-0.05, 0) is 27.2 Å². The van der Waals surface area contributed by atoms with Crippen molar-refractivity contribution in [2.24, 2.45) is 0 Å². The first-order chi connectivity index (χ1) is 9.68. The summed E-state index contributed by atoms with van der Waals surface area (Å²) in [6.45, 7) is 8.04. The molecule has 0 bridgehead atoms. The average molecular weight is 318 g/mol. The number of nitrogens with zero attached hydrogens (tertiary/aromatic N) is 2. The van der Waals surface area contributed by atoms with E-state index in [1.165, 1.54) is 6.92 Å². The van der Waals surface area contributed by atoms with E-state index in [2.05, 4.69) is 0 Å². The fraction of sp³-hybridized carbons (Fsp3) is 0.857. The lowest BCUT2D eigenvalue weighted by Gasteiger charge is -2.29. The van der Waals surface area contributed by atoms with E-state index in [0.717, 1.165) is 0 Å². The van der Waals surface area contributed by atoms with E-state index in [4.69, 9.17) is 0 Å². The zero-order valence-corrected chi connectivity index (χ0v) is 14.1. The number of carbonyl (C=O) groups is 2. The fourth-order valence-corrected chi connectivity index (χ4v) is 4.53. The van der Waals surface area contributed by atoms with Crippen LogP contribution in [0.2, 0.25) is 0 Å². The second kappa shape index (κ2) is 7.24. The van der Waals surface area contributed by atoms with Gasteiger partial charge in [0.05, 0.1) is 11.5 Å². The van der Waals surface area contributed by atoms with Crippen LogP contribution in [-0.2, 0) is 19.4 Å². The summed E-state index contributed by atoms with van der Waals surface area (Å²) in [6, 6.07) is -0.158. The minimum absolute atomic E-state index is 0.0516. The minimum Gasteiger partial charge on any atom is -0.340 e. The lowest BCUT2D eigenvalue weighted by Crippen LogP contribution is -2.43. The van der Waals surface area contributed by atoms with Gasteiger partial charge < -0.3 is 9.80 Å². The third kappa shape index (κ3) is 4.98. The highest BCUT2D eigenvalue weighted by Crippen LogP contribution is 2.18. The maximum Gasteiger partial charge on any atom is 0.224 e. The molecule has 0 aliphatic carbocycles. The van der Waals surface area contributed by atoms with Gasteiger partial charge in [-0.2, -0.15) is 0 Å². The van der Waals surface area contributed by atoms with Crippen LogP contribution in [0.25, 0.3) is 0 Å². The molecule has 1 unspecified atom stereocenters. The number of rotatable bonds is 6. The first-order valence-electron chi connectivity index (χ1n) is 7.45. The van der Waals surface area contributed by atoms with Crippen molar-refractivity contribution >= 4 is 21.7 Å². The molecule has 0 saturated carbocycles. The SMILES string of the molecule is CCN(C(=O)CCN(C(C)=O)C(C)C)C1CCS(=O)(=O)C1. The molecule has 0 radical (unpaired) electrons. The Morgan fingerprint density at radius 3 is 2.29 bits per heavy atom. The van der Waals surface area contributed by atoms with Gasteiger partial charge in [-0.15, -0.1) is 0 Å². The molecule has 1 rings (SSSR count). The van der Waals surface area contributed by atoms with Crippen LogP contribution < -0.4 is 0 Å². The van der Waals surface area contributed by atoms with Crippen molar-refractivity contribution in [3.05, 3.63) is 0 Å². The molecule has 1 aliphatic rings. The van der Waals surface area contributed by atoms with Gasteiger partial charge in [-0.3, -0.25) is 9.59 Å². The van der Waals surface area contributed by atoms with Gasteiger partial charge in [0.15, 0.2) is 9.84 Å². The first kappa shape index (κ1) is 17.9. The Morgan fingerprint density at radius 1 is 1.29 bits per heavy atom. The predicted octanol–water partition coefficient (Wildman–Crippen LogP) is 0.669. The van der Waals surface area contributed by atoms with Crippen LogP contribution in [0, 0.1) is 0 Å². The first-order valence-corrected chi connectivity index (χ1v) is 9.27. The van der Waals surface area contributed by atoms with E-state index in [1.54, 1.807) is 9.80 Å². The van der Waals surface area contributed by atoms with E-state index in [9.17, 15) is 18.0 Å². The maximum absolute atomic E-state index is 12.3. The van der Waals surface area contributed by atoms with Gasteiger partial charge in [0.2, 0.25) is 11.8 Å². The van der Waals surface area contributed by atoms with Crippen LogP contribution >= 0.6 is 0 Å². The van der Waals surface area contributed by atoms with Crippen LogP contribution in [0.5, 0.6) is 0 Å². The summed E-state index contributed by atoms with van der Waals surface area (Å²) in [5.74, 6) is 0.0935. The Labute approximate surface area is 127 Å². The standard InChI is InChI=1S/C14H26N2O4S/c1-5-15(13-7-9-21(19,20)10-13)14(18)6-8-16(11(2)3)12(4)17/h11,13H,5-10H2,1-4H3. The third-order valence-electron chi connectivity index (χ3n) is 3.90. The van der Waals surface area contributed by atoms with Crippen molar-refractivity contribution in [1.82, 2.24) is 9.80 Å². The Morgan fingerprint density at radius 2 is 1.90 bits per heavy atom. The molecule has 0 aromatic heterocycles. The number of amides is 2. The highest BCUT2D eigenvalue weighted by molar-refractivity contribution is 7.91. The number of hydrogen-bond donors (Lipinski definition) is 0. The molecular formula is C14H26N2O4S. The molecule has 21 heavy (non-hydrogen) atoms. The molecule has 0 aromatic carbocycles. The zero-order valence-electron chi connectivity index (χ0n) is 13.3. The van der Waals surface area contributed by atoms with Gasteiger partial charge in [0, 0.05) is 38.5 Å². The van der Waals surface area contributed by atoms with Crippen molar-refractivity contribution in [2.45, 2.75) is 52.6 Å². The van der Waals surface area contributed by atoms with Gasteiger partial charge in [-0.25, -0.2) is 8.42 Å². The highest BCUT2D eigenvalue weighted by Gasteiger charge is 2.33. The molecule has 1 fully saturated rings. The Hall–Kier alpha value is -1.11. The third-order valence-corrected chi connectivity index (χ3v) is 5.65. The van der Waals surface area contributed by atoms with Crippen LogP contribution in [-0.4, -0.2) is 66.7 Å². The Balaban J connectivity index is 2.62. The van der Waals surface area contributed by atoms with E-state index >= 15 is 0 Å². The summed E-state index contributed by atoms with van der Waals surface area (Å²) in [6.07, 6.45) is 0.755. The predicted molar refractivity (Wildman–Crippen MR) is 81.6 cm³/mol. The summed E-state index contributed by atoms with van der Waals surface area (Å²) in [5, 5.41) is 0. The molecule has 7 heteroatoms. The van der Waals surface area contributed by atoms with Gasteiger partial charge in [-0.1, -0.05) is 0 Å². The van der Waals surface area contributed by atoms with Crippen molar-refractivity contribution in [3.8, 4) is 0 Å². The van der Waals surface area contributed by atoms with Gasteiger partial charge >= 0.3 is 0 Å². The van der Waals surface area contributed by atoms with Crippen molar-refractivity contribution in [1.29, 1.82) is 0 Å². The van der Waals surface area contributed by atoms with E-state index in [1.807, 2.05) is 20.8 Å². The Kier molecular flexibility index (Phi) is 6.19. The maximum atomic E-state index is 12.3. The van der Waals surface area contributed by atoms with E-state index in [-0.39, 0.29) is 41.8 Å². The van der Waals surface area contributed by atoms with Crippen molar-refractivity contribution in [3.63, 3.8) is 0 Å². The molecule has 1 atom stereocenters. The molecule has 0 spiro atoms. The van der Waals surface area contributed by atoms with E-state index < -0.39 is 9.84 Å². The molecule has 2 amide bonds. The topological polar surface area (TPSA) is 74.8 Å². The number of hydrogen-bond acceptors (Lipinski definition) is 4. The van der Waals surface area contributed by atoms with Gasteiger partial charge in [0.25, 0.3) is 0 Å². The fourth-order valence-electron chi connectivity index (χ4n) is 2.80. The minimum atomic E-state index is -3.00. The Bertz CT molecular complexity index is 487. The summed E-state index contributed by atoms with van der Waals surface area (Å²) < 4.78 is 23.1. The number of carbonyl (C=O) groups excluding carboxylic acids is 2. The van der Waals surface area contributed by atoms with Crippen LogP contribution in [0.4, 0.5) is 0 Å². The lowest BCUT2D eigenvalue weighted by atomic mass is 10.2. The van der Waals surface area contributed by atoms with Crippen LogP contribution in [0.3, 0.4) is 0 Å². The molecule has 6 nitrogen and oxygen atoms in total. The van der Waals surface area contributed by atoms with Gasteiger partial charge in [0.1, 0.15) is 0 Å². The average Bonchev–Trinajstić information content (AvgIpc) is 2.69. The number of sulfone groups is 1. The monoisotopic (exact) mass is 318 g/mol. The summed E-state index contributed by atoms with van der Waals surface area (Å²) in [7, 11) is -3.00. The molecule has 0 aromatic rings. The smallest absolute Gasteiger partial charge is 0.224 e. The summed E-state index contributed by atoms with van der Waals surface area (Å²) in [5.41, 5.74) is 0. The largest absolute Gasteiger partial charge is 0.340 e. The van der Waals surface area contributed by atoms with Crippen molar-refractivity contribution < 1.29 is 18.0 Å². The summed E-state index contributed by atoms with van der Waals surface area (Å²) >= 11 is 0. The normalized spacial score (nSPS) is 20.5. The molecule has 122 valence electrons. The van der Waals surface area contributed by atoms with Crippen LogP contribution in [0.15, 0.2) is 0 Å². The van der Waals surface area contributed by atoms with E-state index in [0.29, 0.717) is 19.5 Å². The molecule has 1 aliphatic heterocycles. The molecule has 1 saturated heterocycles. The molecular weight excluding hydrogens is 292 g/mol. The molecule has 1 heterocycles. The second-order valence-corrected chi connectivity index (χ2v) is 8.02. The lowest BCUT2D eigenvalue weighted by molar-refractivity contribution is -0.135. The molecule has 0 N–H and O–H groups in total. The van der Waals surface area contributed by atoms with Crippen LogP contribution in [0.1, 0.15) is 40.5 Å². The highest BCUT2D eigenvalue weighted by atomic mass is 32.2. The van der Waals surface area contributed by atoms with Crippen molar-refractivity contribution in [2.75, 3.05) is 24.6 Å². The quantitative estimate of drug-likeness (QED) is 0.721. The zero-order chi connectivity index (χ0) is 16.2. The second-order valence-electron chi connectivity index (χ2n) is 5.79.